The maximum atomic E-state index is 11.0. The Morgan fingerprint density at radius 2 is 2.00 bits per heavy atom. The minimum atomic E-state index is 0.154. The van der Waals surface area contributed by atoms with Crippen LogP contribution in [0.1, 0.15) is 40.0 Å². The van der Waals surface area contributed by atoms with Crippen molar-refractivity contribution < 1.29 is 9.53 Å². The van der Waals surface area contributed by atoms with Gasteiger partial charge in [-0.15, -0.1) is 0 Å². The van der Waals surface area contributed by atoms with Gasteiger partial charge in [0.05, 0.1) is 0 Å². The SMILES string of the molecule is CCCCC(COC)C(C=O)C(C)C. The first-order valence-corrected chi connectivity index (χ1v) is 5.61. The first kappa shape index (κ1) is 13.6. The Morgan fingerprint density at radius 3 is 2.36 bits per heavy atom. The molecule has 2 atom stereocenters. The molecule has 0 spiro atoms. The average Bonchev–Trinajstić information content (AvgIpc) is 2.14. The Bertz CT molecular complexity index is 143. The highest BCUT2D eigenvalue weighted by atomic mass is 16.5. The Balaban J connectivity index is 4.19. The Morgan fingerprint density at radius 1 is 1.36 bits per heavy atom. The molecular weight excluding hydrogens is 176 g/mol. The van der Waals surface area contributed by atoms with Crippen LogP contribution in [-0.4, -0.2) is 20.0 Å². The first-order chi connectivity index (χ1) is 6.67. The van der Waals surface area contributed by atoms with E-state index in [-0.39, 0.29) is 5.92 Å². The van der Waals surface area contributed by atoms with Crippen LogP contribution in [0, 0.1) is 17.8 Å². The average molecular weight is 200 g/mol. The fourth-order valence-corrected chi connectivity index (χ4v) is 1.88. The molecule has 0 bridgehead atoms. The molecule has 14 heavy (non-hydrogen) atoms. The van der Waals surface area contributed by atoms with Crippen molar-refractivity contribution in [2.24, 2.45) is 17.8 Å². The van der Waals surface area contributed by atoms with Gasteiger partial charge in [-0.2, -0.15) is 0 Å². The highest BCUT2D eigenvalue weighted by Crippen LogP contribution is 2.24. The summed E-state index contributed by atoms with van der Waals surface area (Å²) >= 11 is 0. The molecule has 2 unspecified atom stereocenters. The molecule has 2 nitrogen and oxygen atoms in total. The van der Waals surface area contributed by atoms with E-state index in [1.807, 2.05) is 0 Å². The van der Waals surface area contributed by atoms with Crippen LogP contribution in [0.5, 0.6) is 0 Å². The summed E-state index contributed by atoms with van der Waals surface area (Å²) in [6.07, 6.45) is 4.57. The molecule has 0 fully saturated rings. The van der Waals surface area contributed by atoms with Gasteiger partial charge in [0.1, 0.15) is 6.29 Å². The molecule has 2 heteroatoms. The Labute approximate surface area is 88.0 Å². The fourth-order valence-electron chi connectivity index (χ4n) is 1.88. The van der Waals surface area contributed by atoms with Crippen molar-refractivity contribution >= 4 is 6.29 Å². The lowest BCUT2D eigenvalue weighted by molar-refractivity contribution is -0.114. The molecule has 0 saturated heterocycles. The van der Waals surface area contributed by atoms with Gasteiger partial charge >= 0.3 is 0 Å². The van der Waals surface area contributed by atoms with Gasteiger partial charge in [-0.3, -0.25) is 0 Å². The van der Waals surface area contributed by atoms with Crippen LogP contribution in [0.15, 0.2) is 0 Å². The Kier molecular flexibility index (Phi) is 7.77. The van der Waals surface area contributed by atoms with Gasteiger partial charge in [-0.05, 0) is 18.3 Å². The third kappa shape index (κ3) is 4.75. The number of methoxy groups -OCH3 is 1. The second-order valence-electron chi connectivity index (χ2n) is 4.32. The van der Waals surface area contributed by atoms with Crippen LogP contribution >= 0.6 is 0 Å². The van der Waals surface area contributed by atoms with Gasteiger partial charge in [0.15, 0.2) is 0 Å². The maximum Gasteiger partial charge on any atom is 0.123 e. The van der Waals surface area contributed by atoms with E-state index in [0.717, 1.165) is 12.7 Å². The molecule has 0 saturated carbocycles. The predicted molar refractivity (Wildman–Crippen MR) is 59.3 cm³/mol. The van der Waals surface area contributed by atoms with Gasteiger partial charge in [0.25, 0.3) is 0 Å². The molecule has 0 aromatic rings. The van der Waals surface area contributed by atoms with E-state index in [0.29, 0.717) is 18.4 Å². The van der Waals surface area contributed by atoms with Gasteiger partial charge in [0, 0.05) is 19.6 Å². The molecular formula is C12H24O2. The summed E-state index contributed by atoms with van der Waals surface area (Å²) in [6.45, 7) is 7.10. The smallest absolute Gasteiger partial charge is 0.123 e. The molecule has 0 aliphatic carbocycles. The fraction of sp³-hybridized carbons (Fsp3) is 0.917. The molecule has 0 heterocycles. The van der Waals surface area contributed by atoms with E-state index >= 15 is 0 Å². The van der Waals surface area contributed by atoms with E-state index < -0.39 is 0 Å². The third-order valence-corrected chi connectivity index (χ3v) is 2.78. The molecule has 0 aliphatic rings. The van der Waals surface area contributed by atoms with Crippen LogP contribution in [0.4, 0.5) is 0 Å². The first-order valence-electron chi connectivity index (χ1n) is 5.61. The van der Waals surface area contributed by atoms with Gasteiger partial charge in [-0.25, -0.2) is 0 Å². The minimum absolute atomic E-state index is 0.154. The van der Waals surface area contributed by atoms with Crippen LogP contribution in [0.2, 0.25) is 0 Å². The highest BCUT2D eigenvalue weighted by molar-refractivity contribution is 5.54. The van der Waals surface area contributed by atoms with Crippen molar-refractivity contribution in [3.63, 3.8) is 0 Å². The number of rotatable bonds is 8. The maximum absolute atomic E-state index is 11.0. The van der Waals surface area contributed by atoms with Crippen molar-refractivity contribution in [1.29, 1.82) is 0 Å². The predicted octanol–water partition coefficient (Wildman–Crippen LogP) is 2.91. The largest absolute Gasteiger partial charge is 0.384 e. The summed E-state index contributed by atoms with van der Waals surface area (Å²) in [7, 11) is 1.71. The number of carbonyl (C=O) groups is 1. The normalized spacial score (nSPS) is 15.5. The quantitative estimate of drug-likeness (QED) is 0.563. The van der Waals surface area contributed by atoms with Gasteiger partial charge in [-0.1, -0.05) is 33.6 Å². The number of hydrogen-bond donors (Lipinski definition) is 0. The summed E-state index contributed by atoms with van der Waals surface area (Å²) in [4.78, 5) is 11.0. The van der Waals surface area contributed by atoms with E-state index in [9.17, 15) is 4.79 Å². The van der Waals surface area contributed by atoms with E-state index in [1.54, 1.807) is 7.11 Å². The van der Waals surface area contributed by atoms with E-state index in [4.69, 9.17) is 4.74 Å². The lowest BCUT2D eigenvalue weighted by atomic mass is 9.82. The van der Waals surface area contributed by atoms with Crippen LogP contribution in [-0.2, 0) is 9.53 Å². The van der Waals surface area contributed by atoms with Crippen molar-refractivity contribution in [3.8, 4) is 0 Å². The number of hydrogen-bond acceptors (Lipinski definition) is 2. The van der Waals surface area contributed by atoms with Crippen LogP contribution in [0.25, 0.3) is 0 Å². The minimum Gasteiger partial charge on any atom is -0.384 e. The second kappa shape index (κ2) is 7.98. The molecule has 0 N–H and O–H groups in total. The topological polar surface area (TPSA) is 26.3 Å². The summed E-state index contributed by atoms with van der Waals surface area (Å²) in [5.41, 5.74) is 0. The standard InChI is InChI=1S/C12H24O2/c1-5-6-7-11(9-14-4)12(8-13)10(2)3/h8,10-12H,5-7,9H2,1-4H3. The lowest BCUT2D eigenvalue weighted by Gasteiger charge is -2.25. The van der Waals surface area contributed by atoms with E-state index in [1.165, 1.54) is 12.8 Å². The van der Waals surface area contributed by atoms with Crippen molar-refractivity contribution in [2.45, 2.75) is 40.0 Å². The number of ether oxygens (including phenoxy) is 1. The van der Waals surface area contributed by atoms with Crippen LogP contribution < -0.4 is 0 Å². The number of unbranched alkanes of at least 4 members (excludes halogenated alkanes) is 1. The monoisotopic (exact) mass is 200 g/mol. The van der Waals surface area contributed by atoms with Crippen molar-refractivity contribution in [3.05, 3.63) is 0 Å². The molecule has 0 aromatic heterocycles. The highest BCUT2D eigenvalue weighted by Gasteiger charge is 2.23. The lowest BCUT2D eigenvalue weighted by Crippen LogP contribution is -2.25. The van der Waals surface area contributed by atoms with Gasteiger partial charge in [0.2, 0.25) is 0 Å². The Hall–Kier alpha value is -0.370. The summed E-state index contributed by atoms with van der Waals surface area (Å²) < 4.78 is 5.18. The van der Waals surface area contributed by atoms with Crippen molar-refractivity contribution in [2.75, 3.05) is 13.7 Å². The summed E-state index contributed by atoms with van der Waals surface area (Å²) in [5, 5.41) is 0. The van der Waals surface area contributed by atoms with Crippen LogP contribution in [0.3, 0.4) is 0 Å². The molecule has 0 amide bonds. The molecule has 0 aromatic carbocycles. The number of aldehydes is 1. The van der Waals surface area contributed by atoms with Gasteiger partial charge < -0.3 is 9.53 Å². The molecule has 0 aliphatic heterocycles. The zero-order valence-corrected chi connectivity index (χ0v) is 9.95. The van der Waals surface area contributed by atoms with Crippen molar-refractivity contribution in [1.82, 2.24) is 0 Å². The summed E-state index contributed by atoms with van der Waals surface area (Å²) in [5.74, 6) is 0.975. The molecule has 0 rings (SSSR count). The zero-order chi connectivity index (χ0) is 11.0. The summed E-state index contributed by atoms with van der Waals surface area (Å²) in [6, 6.07) is 0. The zero-order valence-electron chi connectivity index (χ0n) is 9.95. The number of carbonyl (C=O) groups excluding carboxylic acids is 1. The molecule has 0 radical (unpaired) electrons. The molecule has 84 valence electrons. The second-order valence-corrected chi connectivity index (χ2v) is 4.32. The third-order valence-electron chi connectivity index (χ3n) is 2.78. The van der Waals surface area contributed by atoms with E-state index in [2.05, 4.69) is 20.8 Å².